The van der Waals surface area contributed by atoms with Crippen molar-refractivity contribution in [2.24, 2.45) is 5.92 Å². The summed E-state index contributed by atoms with van der Waals surface area (Å²) in [6, 6.07) is 16.0. The second-order valence-electron chi connectivity index (χ2n) is 8.29. The van der Waals surface area contributed by atoms with Crippen LogP contribution in [0.3, 0.4) is 0 Å². The number of nitrogens with zero attached hydrogens (tertiary/aromatic N) is 3. The normalized spacial score (nSPS) is 11.1. The zero-order valence-electron chi connectivity index (χ0n) is 19.3. The first-order valence-electron chi connectivity index (χ1n) is 11.0. The van der Waals surface area contributed by atoms with Gasteiger partial charge in [-0.05, 0) is 36.6 Å². The predicted octanol–water partition coefficient (Wildman–Crippen LogP) is 4.25. The highest BCUT2D eigenvalue weighted by Gasteiger charge is 2.11. The number of anilines is 1. The Morgan fingerprint density at radius 2 is 1.94 bits per heavy atom. The van der Waals surface area contributed by atoms with E-state index in [2.05, 4.69) is 29.2 Å². The van der Waals surface area contributed by atoms with Crippen molar-refractivity contribution in [2.45, 2.75) is 33.8 Å². The van der Waals surface area contributed by atoms with Crippen LogP contribution in [0, 0.1) is 12.8 Å². The minimum atomic E-state index is -0.275. The summed E-state index contributed by atoms with van der Waals surface area (Å²) >= 11 is 1.41. The van der Waals surface area contributed by atoms with E-state index in [0.717, 1.165) is 17.0 Å². The maximum absolute atomic E-state index is 12.4. The molecule has 0 bridgehead atoms. The molecule has 4 rings (SSSR count). The maximum Gasteiger partial charge on any atom is 0.275 e. The summed E-state index contributed by atoms with van der Waals surface area (Å²) in [6.45, 7) is 6.16. The molecule has 2 aromatic carbocycles. The summed E-state index contributed by atoms with van der Waals surface area (Å²) in [5, 5.41) is 8.04. The number of hydrogen-bond donors (Lipinski definition) is 1. The van der Waals surface area contributed by atoms with E-state index in [1.165, 1.54) is 21.9 Å². The van der Waals surface area contributed by atoms with Gasteiger partial charge in [-0.1, -0.05) is 49.4 Å². The number of aromatic nitrogens is 3. The van der Waals surface area contributed by atoms with Gasteiger partial charge in [-0.15, -0.1) is 0 Å². The smallest absolute Gasteiger partial charge is 0.275 e. The van der Waals surface area contributed by atoms with Crippen LogP contribution in [0.25, 0.3) is 4.96 Å². The molecule has 0 saturated heterocycles. The largest absolute Gasteiger partial charge is 0.487 e. The van der Waals surface area contributed by atoms with E-state index in [-0.39, 0.29) is 24.7 Å². The molecule has 1 N–H and O–H groups in total. The van der Waals surface area contributed by atoms with Crippen molar-refractivity contribution < 1.29 is 14.3 Å². The van der Waals surface area contributed by atoms with Gasteiger partial charge in [0.05, 0.1) is 5.69 Å². The highest BCUT2D eigenvalue weighted by Crippen LogP contribution is 2.20. The summed E-state index contributed by atoms with van der Waals surface area (Å²) in [5.41, 5.74) is 1.84. The van der Waals surface area contributed by atoms with Crippen LogP contribution in [-0.4, -0.2) is 27.1 Å². The van der Waals surface area contributed by atoms with Crippen molar-refractivity contribution in [3.63, 3.8) is 0 Å². The molecule has 4 aromatic rings. The van der Waals surface area contributed by atoms with Crippen LogP contribution < -0.4 is 20.3 Å². The number of carbonyl (C=O) groups excluding carboxylic acids is 1. The number of benzene rings is 2. The molecule has 0 atom stereocenters. The molecule has 34 heavy (non-hydrogen) atoms. The molecule has 0 spiro atoms. The molecule has 0 aliphatic carbocycles. The Morgan fingerprint density at radius 3 is 2.74 bits per heavy atom. The van der Waals surface area contributed by atoms with Crippen LogP contribution in [-0.2, 0) is 17.8 Å². The highest BCUT2D eigenvalue weighted by atomic mass is 32.1. The molecule has 0 unspecified atom stereocenters. The molecule has 1 amide bonds. The first kappa shape index (κ1) is 23.4. The number of nitrogens with one attached hydrogen (secondary N) is 1. The topological polar surface area (TPSA) is 94.8 Å². The molecule has 8 nitrogen and oxygen atoms in total. The van der Waals surface area contributed by atoms with E-state index < -0.39 is 0 Å². The standard InChI is InChI=1S/C25H26N4O4S/c1-16(2)11-23-28-29-24(31)13-19(27-25(29)34-23)14-32-20-9-6-8-18(12-20)26-22(30)15-33-21-10-5-4-7-17(21)3/h4-10,12-13,16H,11,14-15H2,1-3H3,(H,26,30). The van der Waals surface area contributed by atoms with E-state index in [9.17, 15) is 9.59 Å². The quantitative estimate of drug-likeness (QED) is 0.386. The van der Waals surface area contributed by atoms with Crippen molar-refractivity contribution in [3.8, 4) is 11.5 Å². The lowest BCUT2D eigenvalue weighted by Crippen LogP contribution is -2.20. The van der Waals surface area contributed by atoms with Crippen LogP contribution in [0.2, 0.25) is 0 Å². The van der Waals surface area contributed by atoms with Gasteiger partial charge in [-0.3, -0.25) is 9.59 Å². The second kappa shape index (κ2) is 10.5. The molecule has 0 fully saturated rings. The van der Waals surface area contributed by atoms with Gasteiger partial charge in [0.15, 0.2) is 6.61 Å². The fraction of sp³-hybridized carbons (Fsp3) is 0.280. The molecule has 2 heterocycles. The van der Waals surface area contributed by atoms with Gasteiger partial charge in [0, 0.05) is 24.2 Å². The van der Waals surface area contributed by atoms with Gasteiger partial charge < -0.3 is 14.8 Å². The number of aryl methyl sites for hydroxylation is 1. The number of hydrogen-bond acceptors (Lipinski definition) is 7. The number of carbonyl (C=O) groups is 1. The fourth-order valence-electron chi connectivity index (χ4n) is 3.28. The fourth-order valence-corrected chi connectivity index (χ4v) is 4.41. The summed E-state index contributed by atoms with van der Waals surface area (Å²) in [4.78, 5) is 29.8. The Kier molecular flexibility index (Phi) is 7.22. The molecule has 2 aromatic heterocycles. The van der Waals surface area contributed by atoms with Crippen LogP contribution >= 0.6 is 11.3 Å². The van der Waals surface area contributed by atoms with E-state index in [0.29, 0.717) is 33.8 Å². The van der Waals surface area contributed by atoms with Crippen LogP contribution in [0.5, 0.6) is 11.5 Å². The Labute approximate surface area is 201 Å². The van der Waals surface area contributed by atoms with Gasteiger partial charge in [0.2, 0.25) is 4.96 Å². The Bertz CT molecular complexity index is 1360. The van der Waals surface area contributed by atoms with Crippen LogP contribution in [0.4, 0.5) is 5.69 Å². The molecular weight excluding hydrogens is 452 g/mol. The third-order valence-corrected chi connectivity index (χ3v) is 5.81. The molecule has 0 aliphatic heterocycles. The van der Waals surface area contributed by atoms with Crippen molar-refractivity contribution in [1.82, 2.24) is 14.6 Å². The summed E-state index contributed by atoms with van der Waals surface area (Å²) in [7, 11) is 0. The lowest BCUT2D eigenvalue weighted by molar-refractivity contribution is -0.118. The number of rotatable bonds is 9. The number of ether oxygens (including phenoxy) is 2. The minimum absolute atomic E-state index is 0.0997. The van der Waals surface area contributed by atoms with Gasteiger partial charge in [0.25, 0.3) is 11.5 Å². The van der Waals surface area contributed by atoms with E-state index >= 15 is 0 Å². The average Bonchev–Trinajstić information content (AvgIpc) is 3.20. The lowest BCUT2D eigenvalue weighted by Gasteiger charge is -2.11. The zero-order valence-corrected chi connectivity index (χ0v) is 20.1. The first-order valence-corrected chi connectivity index (χ1v) is 11.8. The van der Waals surface area contributed by atoms with Crippen molar-refractivity contribution in [1.29, 1.82) is 0 Å². The van der Waals surface area contributed by atoms with Gasteiger partial charge in [0.1, 0.15) is 23.1 Å². The van der Waals surface area contributed by atoms with Crippen molar-refractivity contribution in [2.75, 3.05) is 11.9 Å². The Morgan fingerprint density at radius 1 is 1.12 bits per heavy atom. The first-order chi connectivity index (χ1) is 16.4. The minimum Gasteiger partial charge on any atom is -0.487 e. The third-order valence-electron chi connectivity index (χ3n) is 4.88. The van der Waals surface area contributed by atoms with E-state index in [1.807, 2.05) is 31.2 Å². The van der Waals surface area contributed by atoms with Crippen LogP contribution in [0.15, 0.2) is 59.4 Å². The number of para-hydroxylation sites is 1. The molecule has 0 aliphatic rings. The SMILES string of the molecule is Cc1ccccc1OCC(=O)Nc1cccc(OCc2cc(=O)n3nc(CC(C)C)sc3n2)c1. The van der Waals surface area contributed by atoms with Gasteiger partial charge >= 0.3 is 0 Å². The lowest BCUT2D eigenvalue weighted by atomic mass is 10.1. The summed E-state index contributed by atoms with van der Waals surface area (Å²) in [5.74, 6) is 1.39. The maximum atomic E-state index is 12.4. The molecule has 0 saturated carbocycles. The highest BCUT2D eigenvalue weighted by molar-refractivity contribution is 7.16. The van der Waals surface area contributed by atoms with Crippen molar-refractivity contribution in [3.05, 3.63) is 81.2 Å². The zero-order chi connectivity index (χ0) is 24.1. The third kappa shape index (κ3) is 5.99. The monoisotopic (exact) mass is 478 g/mol. The molecule has 176 valence electrons. The van der Waals surface area contributed by atoms with Gasteiger partial charge in [-0.25, -0.2) is 4.98 Å². The summed E-state index contributed by atoms with van der Waals surface area (Å²) in [6.07, 6.45) is 0.799. The Balaban J connectivity index is 1.37. The van der Waals surface area contributed by atoms with Crippen molar-refractivity contribution >= 4 is 27.9 Å². The molecule has 9 heteroatoms. The molecule has 0 radical (unpaired) electrons. The number of amides is 1. The van der Waals surface area contributed by atoms with E-state index in [1.54, 1.807) is 24.3 Å². The van der Waals surface area contributed by atoms with Crippen LogP contribution in [0.1, 0.15) is 30.1 Å². The van der Waals surface area contributed by atoms with Gasteiger partial charge in [-0.2, -0.15) is 9.61 Å². The number of fused-ring (bicyclic) bond motifs is 1. The second-order valence-corrected chi connectivity index (χ2v) is 9.33. The Hall–Kier alpha value is -3.72. The summed E-state index contributed by atoms with van der Waals surface area (Å²) < 4.78 is 12.7. The average molecular weight is 479 g/mol. The predicted molar refractivity (Wildman–Crippen MR) is 132 cm³/mol. The van der Waals surface area contributed by atoms with E-state index in [4.69, 9.17) is 9.47 Å². The molecular formula is C25H26N4O4S.